The molecule has 3 rings (SSSR count). The van der Waals surface area contributed by atoms with E-state index in [9.17, 15) is 14.9 Å². The van der Waals surface area contributed by atoms with Crippen molar-refractivity contribution >= 4 is 34.2 Å². The normalized spacial score (nSPS) is 10.6. The Hall–Kier alpha value is -2.93. The van der Waals surface area contributed by atoms with Crippen molar-refractivity contribution in [3.05, 3.63) is 69.5 Å². The fourth-order valence-corrected chi connectivity index (χ4v) is 2.24. The lowest BCUT2D eigenvalue weighted by Gasteiger charge is -2.07. The van der Waals surface area contributed by atoms with E-state index in [2.05, 4.69) is 10.4 Å². The van der Waals surface area contributed by atoms with E-state index in [0.29, 0.717) is 11.0 Å². The van der Waals surface area contributed by atoms with Gasteiger partial charge in [-0.15, -0.1) is 0 Å². The van der Waals surface area contributed by atoms with Gasteiger partial charge in [-0.2, -0.15) is 0 Å². The van der Waals surface area contributed by atoms with Gasteiger partial charge < -0.3 is 0 Å². The smallest absolute Gasteiger partial charge is 0.267 e. The molecule has 7 nitrogen and oxygen atoms in total. The molecule has 3 aromatic rings. The molecule has 8 heteroatoms. The number of benzene rings is 2. The highest BCUT2D eigenvalue weighted by atomic mass is 35.5. The van der Waals surface area contributed by atoms with E-state index in [0.717, 1.165) is 0 Å². The summed E-state index contributed by atoms with van der Waals surface area (Å²) < 4.78 is 1.41. The maximum atomic E-state index is 12.3. The average Bonchev–Trinajstić information content (AvgIpc) is 2.90. The highest BCUT2D eigenvalue weighted by Crippen LogP contribution is 2.23. The minimum absolute atomic E-state index is 0.115. The number of carbonyl (C=O) groups is 1. The number of nitrogens with one attached hydrogen (secondary N) is 1. The molecule has 0 bridgehead atoms. The lowest BCUT2D eigenvalue weighted by molar-refractivity contribution is -0.385. The van der Waals surface area contributed by atoms with Gasteiger partial charge in [0.1, 0.15) is 11.9 Å². The number of carbonyl (C=O) groups excluding carboxylic acids is 1. The first-order valence-electron chi connectivity index (χ1n) is 6.23. The molecule has 0 unspecified atom stereocenters. The molecule has 110 valence electrons. The molecule has 0 spiro atoms. The van der Waals surface area contributed by atoms with Gasteiger partial charge >= 0.3 is 0 Å². The summed E-state index contributed by atoms with van der Waals surface area (Å²) in [5, 5.41) is 11.3. The van der Waals surface area contributed by atoms with Crippen LogP contribution >= 0.6 is 11.6 Å². The summed E-state index contributed by atoms with van der Waals surface area (Å²) >= 11 is 5.82. The van der Waals surface area contributed by atoms with Crippen LogP contribution in [-0.2, 0) is 0 Å². The molecule has 2 aromatic carbocycles. The molecule has 0 aliphatic carbocycles. The van der Waals surface area contributed by atoms with Crippen molar-refractivity contribution < 1.29 is 9.72 Å². The number of amides is 1. The maximum Gasteiger partial charge on any atom is 0.282 e. The van der Waals surface area contributed by atoms with Crippen LogP contribution in [-0.4, -0.2) is 20.5 Å². The van der Waals surface area contributed by atoms with Gasteiger partial charge in [0, 0.05) is 11.1 Å². The van der Waals surface area contributed by atoms with Crippen LogP contribution in [0.3, 0.4) is 0 Å². The first-order chi connectivity index (χ1) is 10.6. The Morgan fingerprint density at radius 1 is 1.27 bits per heavy atom. The van der Waals surface area contributed by atoms with E-state index in [-0.39, 0.29) is 16.3 Å². The third-order valence-corrected chi connectivity index (χ3v) is 3.31. The predicted octanol–water partition coefficient (Wildman–Crippen LogP) is 2.98. The fourth-order valence-electron chi connectivity index (χ4n) is 2.07. The molecule has 22 heavy (non-hydrogen) atoms. The number of nitro groups is 1. The summed E-state index contributed by atoms with van der Waals surface area (Å²) in [6.45, 7) is 0. The zero-order valence-corrected chi connectivity index (χ0v) is 11.8. The molecule has 0 saturated heterocycles. The van der Waals surface area contributed by atoms with E-state index in [1.807, 2.05) is 6.07 Å². The maximum absolute atomic E-state index is 12.3. The van der Waals surface area contributed by atoms with Crippen LogP contribution in [0.5, 0.6) is 0 Å². The third-order valence-electron chi connectivity index (χ3n) is 3.08. The van der Waals surface area contributed by atoms with Crippen LogP contribution < -0.4 is 5.43 Å². The number of hydrogen-bond acceptors (Lipinski definition) is 4. The molecule has 0 radical (unpaired) electrons. The Labute approximate surface area is 129 Å². The molecule has 0 aliphatic heterocycles. The van der Waals surface area contributed by atoms with Gasteiger partial charge in [0.2, 0.25) is 0 Å². The Balaban J connectivity index is 1.98. The average molecular weight is 317 g/mol. The van der Waals surface area contributed by atoms with E-state index >= 15 is 0 Å². The SMILES string of the molecule is O=C(Nn1cnc2ccccc21)c1cc(Cl)ccc1[N+](=O)[O-]. The van der Waals surface area contributed by atoms with Crippen molar-refractivity contribution in [3.63, 3.8) is 0 Å². The van der Waals surface area contributed by atoms with Crippen molar-refractivity contribution in [2.24, 2.45) is 0 Å². The molecular weight excluding hydrogens is 308 g/mol. The zero-order chi connectivity index (χ0) is 15.7. The highest BCUT2D eigenvalue weighted by Gasteiger charge is 2.21. The molecule has 1 aromatic heterocycles. The van der Waals surface area contributed by atoms with Gasteiger partial charge in [0.15, 0.2) is 0 Å². The number of rotatable bonds is 3. The summed E-state index contributed by atoms with van der Waals surface area (Å²) in [7, 11) is 0. The number of hydrogen-bond donors (Lipinski definition) is 1. The Bertz CT molecular complexity index is 891. The third kappa shape index (κ3) is 2.49. The van der Waals surface area contributed by atoms with Crippen molar-refractivity contribution in [2.45, 2.75) is 0 Å². The predicted molar refractivity (Wildman–Crippen MR) is 81.5 cm³/mol. The summed E-state index contributed by atoms with van der Waals surface area (Å²) in [6.07, 6.45) is 1.43. The van der Waals surface area contributed by atoms with E-state index < -0.39 is 10.8 Å². The zero-order valence-electron chi connectivity index (χ0n) is 11.1. The second-order valence-electron chi connectivity index (χ2n) is 4.46. The highest BCUT2D eigenvalue weighted by molar-refractivity contribution is 6.31. The quantitative estimate of drug-likeness (QED) is 0.594. The fraction of sp³-hybridized carbons (Fsp3) is 0. The van der Waals surface area contributed by atoms with Crippen LogP contribution in [0, 0.1) is 10.1 Å². The number of nitrogens with zero attached hydrogens (tertiary/aromatic N) is 3. The molecule has 1 N–H and O–H groups in total. The number of fused-ring (bicyclic) bond motifs is 1. The summed E-state index contributed by atoms with van der Waals surface area (Å²) in [6, 6.07) is 11.0. The second-order valence-corrected chi connectivity index (χ2v) is 4.90. The molecule has 0 aliphatic rings. The summed E-state index contributed by atoms with van der Waals surface area (Å²) in [5.41, 5.74) is 3.51. The van der Waals surface area contributed by atoms with E-state index in [1.165, 1.54) is 29.2 Å². The van der Waals surface area contributed by atoms with Crippen molar-refractivity contribution in [3.8, 4) is 0 Å². The molecule has 1 heterocycles. The largest absolute Gasteiger partial charge is 0.282 e. The molecule has 0 fully saturated rings. The topological polar surface area (TPSA) is 90.1 Å². The van der Waals surface area contributed by atoms with Crippen molar-refractivity contribution in [2.75, 3.05) is 5.43 Å². The van der Waals surface area contributed by atoms with Gasteiger partial charge in [0.25, 0.3) is 11.6 Å². The molecule has 0 atom stereocenters. The minimum Gasteiger partial charge on any atom is -0.267 e. The number of para-hydroxylation sites is 2. The van der Waals surface area contributed by atoms with Crippen molar-refractivity contribution in [1.82, 2.24) is 9.66 Å². The van der Waals surface area contributed by atoms with Crippen molar-refractivity contribution in [1.29, 1.82) is 0 Å². The Kier molecular flexibility index (Phi) is 3.48. The van der Waals surface area contributed by atoms with Gasteiger partial charge in [-0.1, -0.05) is 23.7 Å². The molecule has 0 saturated carbocycles. The van der Waals surface area contributed by atoms with Crippen LogP contribution in [0.2, 0.25) is 5.02 Å². The lowest BCUT2D eigenvalue weighted by Crippen LogP contribution is -2.22. The number of imidazole rings is 1. The number of halogens is 1. The van der Waals surface area contributed by atoms with Gasteiger partial charge in [0.05, 0.1) is 16.0 Å². The second kappa shape index (κ2) is 5.45. The molecular formula is C14H9ClN4O3. The van der Waals surface area contributed by atoms with Gasteiger partial charge in [-0.25, -0.2) is 9.66 Å². The van der Waals surface area contributed by atoms with Gasteiger partial charge in [-0.3, -0.25) is 20.3 Å². The minimum atomic E-state index is -0.641. The van der Waals surface area contributed by atoms with Crippen LogP contribution in [0.4, 0.5) is 5.69 Å². The van der Waals surface area contributed by atoms with E-state index in [4.69, 9.17) is 11.6 Å². The standard InChI is InChI=1S/C14H9ClN4O3/c15-9-5-6-12(19(21)22)10(7-9)14(20)17-18-8-16-11-3-1-2-4-13(11)18/h1-8H,(H,17,20). The summed E-state index contributed by atoms with van der Waals surface area (Å²) in [4.78, 5) is 26.8. The van der Waals surface area contributed by atoms with Gasteiger partial charge in [-0.05, 0) is 24.3 Å². The first kappa shape index (κ1) is 14.0. The Morgan fingerprint density at radius 3 is 2.82 bits per heavy atom. The Morgan fingerprint density at radius 2 is 2.05 bits per heavy atom. The van der Waals surface area contributed by atoms with Crippen LogP contribution in [0.25, 0.3) is 11.0 Å². The monoisotopic (exact) mass is 316 g/mol. The van der Waals surface area contributed by atoms with Crippen LogP contribution in [0.1, 0.15) is 10.4 Å². The van der Waals surface area contributed by atoms with E-state index in [1.54, 1.807) is 18.2 Å². The number of nitro benzene ring substituents is 1. The number of aromatic nitrogens is 2. The molecule has 1 amide bonds. The first-order valence-corrected chi connectivity index (χ1v) is 6.61. The lowest BCUT2D eigenvalue weighted by atomic mass is 10.1. The van der Waals surface area contributed by atoms with Crippen LogP contribution in [0.15, 0.2) is 48.8 Å². The summed E-state index contributed by atoms with van der Waals surface area (Å²) in [5.74, 6) is -0.641.